The topological polar surface area (TPSA) is 65.1 Å². The Balaban J connectivity index is 2.00. The maximum absolute atomic E-state index is 11.8. The van der Waals surface area contributed by atoms with E-state index in [1.54, 1.807) is 6.08 Å². The van der Waals surface area contributed by atoms with Gasteiger partial charge < -0.3 is 14.2 Å². The van der Waals surface area contributed by atoms with Crippen molar-refractivity contribution in [1.82, 2.24) is 4.90 Å². The monoisotopic (exact) mass is 299 g/mol. The molecule has 0 spiro atoms. The number of amides is 1. The molecule has 0 aromatic rings. The number of fused-ring (bicyclic) bond motifs is 1. The first-order valence-corrected chi connectivity index (χ1v) is 6.90. The Hall–Kier alpha value is -1.63. The fourth-order valence-electron chi connectivity index (χ4n) is 2.24. The van der Waals surface area contributed by atoms with Gasteiger partial charge in [-0.1, -0.05) is 0 Å². The number of carbonyl (C=O) groups excluding carboxylic acids is 2. The van der Waals surface area contributed by atoms with Crippen LogP contribution in [0.25, 0.3) is 0 Å². The summed E-state index contributed by atoms with van der Waals surface area (Å²) in [7, 11) is 1.29. The van der Waals surface area contributed by atoms with Crippen molar-refractivity contribution in [2.45, 2.75) is 38.5 Å². The minimum Gasteiger partial charge on any atom is -0.487 e. The second-order valence-electron chi connectivity index (χ2n) is 4.45. The first-order chi connectivity index (χ1) is 9.58. The van der Waals surface area contributed by atoms with Gasteiger partial charge >= 0.3 is 5.97 Å². The number of β-lactam (4-membered cyclic amide) rings is 1. The van der Waals surface area contributed by atoms with Crippen LogP contribution in [0.5, 0.6) is 0 Å². The summed E-state index contributed by atoms with van der Waals surface area (Å²) >= 11 is 5.03. The van der Waals surface area contributed by atoms with Gasteiger partial charge in [-0.25, -0.2) is 4.79 Å². The molecule has 1 amide bonds. The summed E-state index contributed by atoms with van der Waals surface area (Å²) in [5.41, 5.74) is 0. The molecule has 7 heteroatoms. The van der Waals surface area contributed by atoms with E-state index in [4.69, 9.17) is 26.4 Å². The van der Waals surface area contributed by atoms with E-state index in [1.165, 1.54) is 12.0 Å². The standard InChI is InChI=1S/C13H17NO5S/c1-3-18-11(20)6-4-5-8-12(13(16)17-2)14-9(15)7-10(14)19-8/h5,10,12H,3-4,6-7H2,1-2H3. The highest BCUT2D eigenvalue weighted by atomic mass is 32.1. The van der Waals surface area contributed by atoms with Crippen molar-refractivity contribution in [1.29, 1.82) is 0 Å². The molecule has 2 aliphatic heterocycles. The molecule has 0 aromatic carbocycles. The molecule has 2 aliphatic rings. The van der Waals surface area contributed by atoms with E-state index in [0.29, 0.717) is 36.7 Å². The zero-order chi connectivity index (χ0) is 14.7. The summed E-state index contributed by atoms with van der Waals surface area (Å²) in [5.74, 6) is -0.121. The van der Waals surface area contributed by atoms with Gasteiger partial charge in [0.1, 0.15) is 5.76 Å². The van der Waals surface area contributed by atoms with E-state index in [2.05, 4.69) is 0 Å². The van der Waals surface area contributed by atoms with Gasteiger partial charge in [0, 0.05) is 6.42 Å². The van der Waals surface area contributed by atoms with Gasteiger partial charge in [-0.15, -0.1) is 0 Å². The van der Waals surface area contributed by atoms with Crippen molar-refractivity contribution in [3.8, 4) is 0 Å². The number of hydrogen-bond donors (Lipinski definition) is 0. The third kappa shape index (κ3) is 2.77. The van der Waals surface area contributed by atoms with Crippen molar-refractivity contribution >= 4 is 29.1 Å². The number of allylic oxidation sites excluding steroid dienone is 1. The molecule has 110 valence electrons. The van der Waals surface area contributed by atoms with Crippen LogP contribution in [0.2, 0.25) is 0 Å². The Kier molecular flexibility index (Phi) is 4.59. The average Bonchev–Trinajstić information content (AvgIpc) is 2.71. The van der Waals surface area contributed by atoms with Crippen molar-refractivity contribution < 1.29 is 23.8 Å². The van der Waals surface area contributed by atoms with E-state index in [1.807, 2.05) is 6.92 Å². The largest absolute Gasteiger partial charge is 0.487 e. The molecule has 0 aliphatic carbocycles. The predicted molar refractivity (Wildman–Crippen MR) is 73.7 cm³/mol. The molecule has 2 heterocycles. The SMILES string of the molecule is CCOC(=S)CCC=C1OC2CC(=O)N2C1C(=O)OC. The number of hydrogen-bond acceptors (Lipinski definition) is 6. The molecule has 0 radical (unpaired) electrons. The van der Waals surface area contributed by atoms with Gasteiger partial charge in [0.15, 0.2) is 17.3 Å². The summed E-state index contributed by atoms with van der Waals surface area (Å²) in [4.78, 5) is 24.7. The Labute approximate surface area is 122 Å². The van der Waals surface area contributed by atoms with Crippen LogP contribution >= 0.6 is 12.2 Å². The Morgan fingerprint density at radius 1 is 1.60 bits per heavy atom. The van der Waals surface area contributed by atoms with E-state index < -0.39 is 12.0 Å². The van der Waals surface area contributed by atoms with Crippen LogP contribution in [0, 0.1) is 0 Å². The van der Waals surface area contributed by atoms with Gasteiger partial charge in [0.05, 0.1) is 20.1 Å². The fraction of sp³-hybridized carbons (Fsp3) is 0.615. The number of rotatable bonds is 5. The van der Waals surface area contributed by atoms with Crippen LogP contribution in [-0.2, 0) is 23.8 Å². The molecule has 6 nitrogen and oxygen atoms in total. The van der Waals surface area contributed by atoms with Crippen molar-refractivity contribution in [2.24, 2.45) is 0 Å². The third-order valence-corrected chi connectivity index (χ3v) is 3.51. The molecule has 20 heavy (non-hydrogen) atoms. The second kappa shape index (κ2) is 6.21. The number of ether oxygens (including phenoxy) is 3. The fourth-order valence-corrected chi connectivity index (χ4v) is 2.47. The van der Waals surface area contributed by atoms with Gasteiger partial charge in [0.2, 0.25) is 5.91 Å². The van der Waals surface area contributed by atoms with Gasteiger partial charge in [-0.05, 0) is 31.6 Å². The minimum absolute atomic E-state index is 0.0985. The molecular formula is C13H17NO5S. The Bertz CT molecular complexity index is 462. The number of thiocarbonyl (C=S) groups is 1. The predicted octanol–water partition coefficient (Wildman–Crippen LogP) is 1.14. The molecule has 2 saturated heterocycles. The zero-order valence-electron chi connectivity index (χ0n) is 11.5. The first-order valence-electron chi connectivity index (χ1n) is 6.49. The van der Waals surface area contributed by atoms with Gasteiger partial charge in [-0.2, -0.15) is 0 Å². The highest BCUT2D eigenvalue weighted by Crippen LogP contribution is 2.37. The lowest BCUT2D eigenvalue weighted by molar-refractivity contribution is -0.164. The summed E-state index contributed by atoms with van der Waals surface area (Å²) in [5, 5.41) is 0.524. The van der Waals surface area contributed by atoms with Crippen LogP contribution in [0.3, 0.4) is 0 Å². The van der Waals surface area contributed by atoms with E-state index in [-0.39, 0.29) is 12.1 Å². The molecule has 2 unspecified atom stereocenters. The van der Waals surface area contributed by atoms with E-state index in [0.717, 1.165) is 0 Å². The molecule has 2 atom stereocenters. The molecule has 0 aromatic heterocycles. The highest BCUT2D eigenvalue weighted by molar-refractivity contribution is 7.80. The Morgan fingerprint density at radius 2 is 2.35 bits per heavy atom. The molecule has 0 saturated carbocycles. The van der Waals surface area contributed by atoms with Crippen LogP contribution < -0.4 is 0 Å². The van der Waals surface area contributed by atoms with Crippen LogP contribution in [0.4, 0.5) is 0 Å². The molecular weight excluding hydrogens is 282 g/mol. The first kappa shape index (κ1) is 14.8. The van der Waals surface area contributed by atoms with Crippen LogP contribution in [-0.4, -0.2) is 47.8 Å². The van der Waals surface area contributed by atoms with Gasteiger partial charge in [-0.3, -0.25) is 9.69 Å². The second-order valence-corrected chi connectivity index (χ2v) is 4.91. The highest BCUT2D eigenvalue weighted by Gasteiger charge is 2.53. The number of nitrogens with zero attached hydrogens (tertiary/aromatic N) is 1. The van der Waals surface area contributed by atoms with Gasteiger partial charge in [0.25, 0.3) is 0 Å². The third-order valence-electron chi connectivity index (χ3n) is 3.19. The van der Waals surface area contributed by atoms with E-state index in [9.17, 15) is 9.59 Å². The molecule has 0 N–H and O–H groups in total. The smallest absolute Gasteiger partial charge is 0.336 e. The molecule has 0 bridgehead atoms. The lowest BCUT2D eigenvalue weighted by Gasteiger charge is -2.33. The maximum Gasteiger partial charge on any atom is 0.336 e. The van der Waals surface area contributed by atoms with Crippen LogP contribution in [0.15, 0.2) is 11.8 Å². The Morgan fingerprint density at radius 3 is 2.95 bits per heavy atom. The van der Waals surface area contributed by atoms with Crippen molar-refractivity contribution in [3.63, 3.8) is 0 Å². The lowest BCUT2D eigenvalue weighted by Crippen LogP contribution is -2.55. The summed E-state index contributed by atoms with van der Waals surface area (Å²) in [6.07, 6.45) is 2.91. The number of esters is 1. The van der Waals surface area contributed by atoms with Crippen LogP contribution in [0.1, 0.15) is 26.2 Å². The van der Waals surface area contributed by atoms with Crippen molar-refractivity contribution in [3.05, 3.63) is 11.8 Å². The number of methoxy groups -OCH3 is 1. The normalized spacial score (nSPS) is 25.8. The molecule has 2 rings (SSSR count). The zero-order valence-corrected chi connectivity index (χ0v) is 12.3. The van der Waals surface area contributed by atoms with E-state index >= 15 is 0 Å². The summed E-state index contributed by atoms with van der Waals surface area (Å²) in [6.45, 7) is 2.41. The van der Waals surface area contributed by atoms with Crippen molar-refractivity contribution in [2.75, 3.05) is 13.7 Å². The summed E-state index contributed by atoms with van der Waals surface area (Å²) < 4.78 is 15.5. The summed E-state index contributed by atoms with van der Waals surface area (Å²) in [6, 6.07) is -0.757. The lowest BCUT2D eigenvalue weighted by atomic mass is 10.1. The number of carbonyl (C=O) groups is 2. The maximum atomic E-state index is 11.8. The minimum atomic E-state index is -0.757. The quantitative estimate of drug-likeness (QED) is 0.431. The average molecular weight is 299 g/mol. The molecule has 2 fully saturated rings.